The molecule has 0 spiro atoms. The van der Waals surface area contributed by atoms with Crippen molar-refractivity contribution in [1.29, 1.82) is 0 Å². The molecule has 27 heavy (non-hydrogen) atoms. The van der Waals surface area contributed by atoms with Crippen molar-refractivity contribution in [3.8, 4) is 0 Å². The third kappa shape index (κ3) is 6.77. The van der Waals surface area contributed by atoms with E-state index in [2.05, 4.69) is 26.1 Å². The summed E-state index contributed by atoms with van der Waals surface area (Å²) in [6.07, 6.45) is 11.4. The molecule has 152 valence electrons. The summed E-state index contributed by atoms with van der Waals surface area (Å²) in [5.41, 5.74) is 0.674. The van der Waals surface area contributed by atoms with Crippen molar-refractivity contribution in [2.75, 3.05) is 32.7 Å². The molecule has 3 rings (SSSR count). The van der Waals surface area contributed by atoms with Crippen molar-refractivity contribution in [1.82, 2.24) is 19.9 Å². The topological polar surface area (TPSA) is 83.5 Å². The van der Waals surface area contributed by atoms with Crippen LogP contribution in [0.5, 0.6) is 0 Å². The highest BCUT2D eigenvalue weighted by molar-refractivity contribution is 5.93. The maximum Gasteiger partial charge on any atom is 0.255 e. The van der Waals surface area contributed by atoms with Gasteiger partial charge in [0.1, 0.15) is 6.34 Å². The summed E-state index contributed by atoms with van der Waals surface area (Å²) in [7, 11) is 0. The van der Waals surface area contributed by atoms with Crippen molar-refractivity contribution >= 4 is 37.1 Å². The number of rotatable bonds is 5. The molecule has 0 aliphatic carbocycles. The summed E-state index contributed by atoms with van der Waals surface area (Å²) in [4.78, 5) is 22.8. The third-order valence-corrected chi connectivity index (χ3v) is 4.69. The largest absolute Gasteiger partial charge is 0.412 e. The Hall–Kier alpha value is -1.67. The summed E-state index contributed by atoms with van der Waals surface area (Å²) < 4.78 is 0. The quantitative estimate of drug-likeness (QED) is 0.733. The van der Waals surface area contributed by atoms with E-state index in [1.54, 1.807) is 12.4 Å². The summed E-state index contributed by atoms with van der Waals surface area (Å²) in [6, 6.07) is 3.65. The number of hydrogen-bond donors (Lipinski definition) is 0. The number of hydrogen-bond acceptors (Lipinski definition) is 5. The zero-order valence-corrected chi connectivity index (χ0v) is 17.2. The Balaban J connectivity index is 0.00000225. The van der Waals surface area contributed by atoms with Crippen LogP contribution in [0.3, 0.4) is 0 Å². The Morgan fingerprint density at radius 2 is 2.04 bits per heavy atom. The van der Waals surface area contributed by atoms with Crippen LogP contribution in [-0.4, -0.2) is 70.3 Å². The van der Waals surface area contributed by atoms with Crippen LogP contribution in [0.4, 0.5) is 0 Å². The molecular weight excluding hydrogens is 389 g/mol. The van der Waals surface area contributed by atoms with E-state index in [0.29, 0.717) is 11.5 Å². The van der Waals surface area contributed by atoms with Gasteiger partial charge >= 0.3 is 0 Å². The predicted molar refractivity (Wildman–Crippen MR) is 113 cm³/mol. The molecule has 1 amide bonds. The summed E-state index contributed by atoms with van der Waals surface area (Å²) in [6.45, 7) is 6.53. The highest BCUT2D eigenvalue weighted by Gasteiger charge is 2.25. The lowest BCUT2D eigenvalue weighted by atomic mass is 9.96. The van der Waals surface area contributed by atoms with E-state index >= 15 is 0 Å². The number of amides is 1. The first-order valence-electron chi connectivity index (χ1n) is 8.67. The molecular formula is C18H29Cl2N5O2. The van der Waals surface area contributed by atoms with E-state index < -0.39 is 0 Å². The van der Waals surface area contributed by atoms with Crippen LogP contribution in [0.1, 0.15) is 30.1 Å². The van der Waals surface area contributed by atoms with Gasteiger partial charge in [-0.25, -0.2) is 10.0 Å². The molecule has 0 atom stereocenters. The first kappa shape index (κ1) is 25.3. The minimum atomic E-state index is 0. The summed E-state index contributed by atoms with van der Waals surface area (Å²) >= 11 is 0. The molecule has 0 saturated carbocycles. The number of carbonyl (C=O) groups is 1. The van der Waals surface area contributed by atoms with Gasteiger partial charge in [0.2, 0.25) is 0 Å². The van der Waals surface area contributed by atoms with Gasteiger partial charge in [-0.2, -0.15) is 0 Å². The molecule has 2 N–H and O–H groups in total. The van der Waals surface area contributed by atoms with Crippen molar-refractivity contribution in [2.45, 2.75) is 19.8 Å². The van der Waals surface area contributed by atoms with Crippen LogP contribution in [0, 0.1) is 5.92 Å². The number of aliphatic imine (C=N–C) groups is 1. The Kier molecular flexibility index (Phi) is 11.9. The standard InChI is InChI=1S/C18H25N5O.2ClH.H2O/c1-2-21(18(24)17-5-3-8-19-13-17)14-16-6-11-22(12-7-16)23-10-4-9-20-15-23;;;/h3-5,8-9,13,15-16H,2,6-7,10-12,14H2,1H3;2*1H;1H2. The third-order valence-electron chi connectivity index (χ3n) is 4.69. The molecule has 1 aromatic heterocycles. The first-order chi connectivity index (χ1) is 11.8. The number of piperidine rings is 1. The minimum absolute atomic E-state index is 0. The highest BCUT2D eigenvalue weighted by Crippen LogP contribution is 2.20. The van der Waals surface area contributed by atoms with Crippen LogP contribution in [0.2, 0.25) is 0 Å². The number of halogens is 2. The fraction of sp³-hybridized carbons (Fsp3) is 0.500. The molecule has 0 unspecified atom stereocenters. The molecule has 9 heteroatoms. The molecule has 0 radical (unpaired) electrons. The average molecular weight is 418 g/mol. The summed E-state index contributed by atoms with van der Waals surface area (Å²) in [5.74, 6) is 0.639. The second-order valence-electron chi connectivity index (χ2n) is 6.25. The lowest BCUT2D eigenvalue weighted by Crippen LogP contribution is -2.48. The van der Waals surface area contributed by atoms with Crippen LogP contribution in [0.25, 0.3) is 0 Å². The van der Waals surface area contributed by atoms with Gasteiger partial charge in [0.05, 0.1) is 12.1 Å². The van der Waals surface area contributed by atoms with E-state index in [1.807, 2.05) is 36.5 Å². The second kappa shape index (κ2) is 12.7. The van der Waals surface area contributed by atoms with Gasteiger partial charge in [0.15, 0.2) is 0 Å². The smallest absolute Gasteiger partial charge is 0.255 e. The molecule has 0 bridgehead atoms. The van der Waals surface area contributed by atoms with Gasteiger partial charge in [-0.15, -0.1) is 24.8 Å². The van der Waals surface area contributed by atoms with Gasteiger partial charge < -0.3 is 10.4 Å². The van der Waals surface area contributed by atoms with Gasteiger partial charge in [-0.1, -0.05) is 0 Å². The fourth-order valence-electron chi connectivity index (χ4n) is 3.27. The number of pyridine rings is 1. The van der Waals surface area contributed by atoms with Crippen LogP contribution in [0.15, 0.2) is 41.8 Å². The Bertz CT molecular complexity index is 607. The Morgan fingerprint density at radius 1 is 1.30 bits per heavy atom. The van der Waals surface area contributed by atoms with E-state index in [0.717, 1.165) is 45.6 Å². The van der Waals surface area contributed by atoms with Gasteiger partial charge in [-0.05, 0) is 43.9 Å². The van der Waals surface area contributed by atoms with Gasteiger partial charge in [0.25, 0.3) is 5.91 Å². The maximum absolute atomic E-state index is 12.6. The second-order valence-corrected chi connectivity index (χ2v) is 6.25. The number of hydrazine groups is 1. The molecule has 0 aromatic carbocycles. The SMILES string of the molecule is CCN(CC1CCN(N2C=NC=CC2)CC1)C(=O)c1cccnc1.Cl.Cl.O. The van der Waals surface area contributed by atoms with Crippen molar-refractivity contribution in [3.63, 3.8) is 0 Å². The monoisotopic (exact) mass is 417 g/mol. The fourth-order valence-corrected chi connectivity index (χ4v) is 3.27. The van der Waals surface area contributed by atoms with Gasteiger partial charge in [0, 0.05) is 44.8 Å². The zero-order chi connectivity index (χ0) is 16.8. The highest BCUT2D eigenvalue weighted by atomic mass is 35.5. The van der Waals surface area contributed by atoms with Crippen LogP contribution >= 0.6 is 24.8 Å². The summed E-state index contributed by atoms with van der Waals surface area (Å²) in [5, 5.41) is 4.53. The Morgan fingerprint density at radius 3 is 2.59 bits per heavy atom. The van der Waals surface area contributed by atoms with E-state index in [-0.39, 0.29) is 36.2 Å². The Labute approximate surface area is 173 Å². The van der Waals surface area contributed by atoms with E-state index in [1.165, 1.54) is 0 Å². The molecule has 1 saturated heterocycles. The molecule has 1 aromatic rings. The van der Waals surface area contributed by atoms with Crippen molar-refractivity contribution in [2.24, 2.45) is 10.9 Å². The van der Waals surface area contributed by atoms with Crippen molar-refractivity contribution < 1.29 is 10.3 Å². The zero-order valence-electron chi connectivity index (χ0n) is 15.5. The minimum Gasteiger partial charge on any atom is -0.412 e. The number of nitrogens with zero attached hydrogens (tertiary/aromatic N) is 5. The van der Waals surface area contributed by atoms with Crippen LogP contribution in [-0.2, 0) is 0 Å². The van der Waals surface area contributed by atoms with E-state index in [9.17, 15) is 4.79 Å². The van der Waals surface area contributed by atoms with Crippen LogP contribution < -0.4 is 0 Å². The molecule has 3 heterocycles. The predicted octanol–water partition coefficient (Wildman–Crippen LogP) is 2.05. The molecule has 2 aliphatic rings. The number of aromatic nitrogens is 1. The lowest BCUT2D eigenvalue weighted by molar-refractivity contribution is 0.0163. The van der Waals surface area contributed by atoms with Gasteiger partial charge in [-0.3, -0.25) is 14.8 Å². The first-order valence-corrected chi connectivity index (χ1v) is 8.67. The molecule has 7 nitrogen and oxygen atoms in total. The lowest BCUT2D eigenvalue weighted by Gasteiger charge is -2.39. The normalized spacial score (nSPS) is 16.7. The number of carbonyl (C=O) groups excluding carboxylic acids is 1. The molecule has 1 fully saturated rings. The average Bonchev–Trinajstić information content (AvgIpc) is 2.67. The van der Waals surface area contributed by atoms with E-state index in [4.69, 9.17) is 0 Å². The molecule has 2 aliphatic heterocycles. The maximum atomic E-state index is 12.6. The van der Waals surface area contributed by atoms with Crippen molar-refractivity contribution in [3.05, 3.63) is 42.4 Å².